The van der Waals surface area contributed by atoms with Gasteiger partial charge in [-0.05, 0) is 50.4 Å². The van der Waals surface area contributed by atoms with Crippen LogP contribution >= 0.6 is 0 Å². The Hall–Kier alpha value is -1.35. The molecule has 0 unspecified atom stereocenters. The summed E-state index contributed by atoms with van der Waals surface area (Å²) in [5.41, 5.74) is 2.04. The molecule has 0 bridgehead atoms. The molecule has 1 aromatic rings. The van der Waals surface area contributed by atoms with E-state index in [1.165, 1.54) is 5.56 Å². The predicted molar refractivity (Wildman–Crippen MR) is 83.9 cm³/mol. The van der Waals surface area contributed by atoms with E-state index in [9.17, 15) is 4.79 Å². The number of piperidine rings is 1. The van der Waals surface area contributed by atoms with Crippen LogP contribution in [-0.2, 0) is 11.2 Å². The zero-order valence-corrected chi connectivity index (χ0v) is 12.7. The number of hydrogen-bond acceptors (Lipinski definition) is 2. The van der Waals surface area contributed by atoms with Crippen LogP contribution in [-0.4, -0.2) is 19.0 Å². The molecule has 1 amide bonds. The average molecular weight is 274 g/mol. The van der Waals surface area contributed by atoms with Crippen LogP contribution in [0.25, 0.3) is 0 Å². The van der Waals surface area contributed by atoms with Crippen molar-refractivity contribution in [1.29, 1.82) is 0 Å². The maximum atomic E-state index is 12.7. The van der Waals surface area contributed by atoms with Crippen molar-refractivity contribution < 1.29 is 4.79 Å². The van der Waals surface area contributed by atoms with Crippen LogP contribution < -0.4 is 10.6 Å². The molecule has 0 atom stereocenters. The molecule has 1 heterocycles. The fourth-order valence-corrected chi connectivity index (χ4v) is 3.03. The molecule has 110 valence electrons. The first-order chi connectivity index (χ1) is 9.72. The molecule has 1 saturated heterocycles. The minimum atomic E-state index is -0.190. The van der Waals surface area contributed by atoms with Crippen molar-refractivity contribution in [3.8, 4) is 0 Å². The van der Waals surface area contributed by atoms with E-state index in [1.54, 1.807) is 0 Å². The highest BCUT2D eigenvalue weighted by Crippen LogP contribution is 2.34. The molecular weight excluding hydrogens is 248 g/mol. The summed E-state index contributed by atoms with van der Waals surface area (Å²) >= 11 is 0. The van der Waals surface area contributed by atoms with Gasteiger partial charge in [-0.25, -0.2) is 0 Å². The summed E-state index contributed by atoms with van der Waals surface area (Å²) in [4.78, 5) is 12.7. The summed E-state index contributed by atoms with van der Waals surface area (Å²) in [7, 11) is 0. The standard InChI is InChI=1S/C17H26N2O/c1-3-7-14-8-5-6-9-15(14)19-16(20)17(4-2)10-12-18-13-11-17/h5-6,8-9,18H,3-4,7,10-13H2,1-2H3,(H,19,20). The molecule has 1 aliphatic rings. The monoisotopic (exact) mass is 274 g/mol. The molecule has 0 aromatic heterocycles. The molecule has 0 radical (unpaired) electrons. The molecule has 2 N–H and O–H groups in total. The first-order valence-electron chi connectivity index (χ1n) is 7.82. The van der Waals surface area contributed by atoms with Gasteiger partial charge in [0.05, 0.1) is 5.41 Å². The van der Waals surface area contributed by atoms with Crippen molar-refractivity contribution >= 4 is 11.6 Å². The lowest BCUT2D eigenvalue weighted by atomic mass is 9.76. The number of benzene rings is 1. The normalized spacial score (nSPS) is 17.7. The van der Waals surface area contributed by atoms with Crippen molar-refractivity contribution in [3.05, 3.63) is 29.8 Å². The van der Waals surface area contributed by atoms with Crippen LogP contribution in [0.15, 0.2) is 24.3 Å². The third kappa shape index (κ3) is 3.21. The Morgan fingerprint density at radius 3 is 2.60 bits per heavy atom. The third-order valence-corrected chi connectivity index (χ3v) is 4.50. The molecule has 20 heavy (non-hydrogen) atoms. The predicted octanol–water partition coefficient (Wildman–Crippen LogP) is 3.36. The van der Waals surface area contributed by atoms with Gasteiger partial charge in [0.15, 0.2) is 0 Å². The second kappa shape index (κ2) is 6.89. The molecule has 2 rings (SSSR count). The molecule has 0 aliphatic carbocycles. The molecule has 0 saturated carbocycles. The first-order valence-corrected chi connectivity index (χ1v) is 7.82. The van der Waals surface area contributed by atoms with Crippen molar-refractivity contribution in [2.75, 3.05) is 18.4 Å². The molecule has 0 spiro atoms. The number of para-hydroxylation sites is 1. The minimum Gasteiger partial charge on any atom is -0.325 e. The molecule has 1 aromatic carbocycles. The third-order valence-electron chi connectivity index (χ3n) is 4.50. The maximum absolute atomic E-state index is 12.7. The molecule has 1 fully saturated rings. The van der Waals surface area contributed by atoms with Crippen LogP contribution in [0.1, 0.15) is 45.1 Å². The minimum absolute atomic E-state index is 0.190. The van der Waals surface area contributed by atoms with Gasteiger partial charge >= 0.3 is 0 Å². The maximum Gasteiger partial charge on any atom is 0.230 e. The molecule has 3 nitrogen and oxygen atoms in total. The van der Waals surface area contributed by atoms with Gasteiger partial charge in [-0.3, -0.25) is 4.79 Å². The van der Waals surface area contributed by atoms with Crippen molar-refractivity contribution in [2.45, 2.75) is 46.0 Å². The Bertz CT molecular complexity index is 450. The fourth-order valence-electron chi connectivity index (χ4n) is 3.03. The molecule has 3 heteroatoms. The summed E-state index contributed by atoms with van der Waals surface area (Å²) in [5.74, 6) is 0.199. The molecular formula is C17H26N2O. The second-order valence-electron chi connectivity index (χ2n) is 5.75. The Labute approximate surface area is 122 Å². The summed E-state index contributed by atoms with van der Waals surface area (Å²) in [6.07, 6.45) is 4.89. The van der Waals surface area contributed by atoms with E-state index in [1.807, 2.05) is 18.2 Å². The fraction of sp³-hybridized carbons (Fsp3) is 0.588. The van der Waals surface area contributed by atoms with Crippen molar-refractivity contribution in [2.24, 2.45) is 5.41 Å². The van der Waals surface area contributed by atoms with Gasteiger partial charge < -0.3 is 10.6 Å². The lowest BCUT2D eigenvalue weighted by molar-refractivity contribution is -0.127. The highest BCUT2D eigenvalue weighted by Gasteiger charge is 2.37. The van der Waals surface area contributed by atoms with E-state index in [0.717, 1.165) is 50.9 Å². The molecule has 1 aliphatic heterocycles. The number of anilines is 1. The number of carbonyl (C=O) groups is 1. The van der Waals surface area contributed by atoms with E-state index in [4.69, 9.17) is 0 Å². The zero-order valence-electron chi connectivity index (χ0n) is 12.7. The Morgan fingerprint density at radius 1 is 1.25 bits per heavy atom. The number of hydrogen-bond donors (Lipinski definition) is 2. The Balaban J connectivity index is 2.14. The number of amides is 1. The number of carbonyl (C=O) groups excluding carboxylic acids is 1. The topological polar surface area (TPSA) is 41.1 Å². The van der Waals surface area contributed by atoms with Crippen LogP contribution in [0.3, 0.4) is 0 Å². The number of nitrogens with one attached hydrogen (secondary N) is 2. The summed E-state index contributed by atoms with van der Waals surface area (Å²) < 4.78 is 0. The SMILES string of the molecule is CCCc1ccccc1NC(=O)C1(CC)CCNCC1. The second-order valence-corrected chi connectivity index (χ2v) is 5.75. The highest BCUT2D eigenvalue weighted by molar-refractivity contribution is 5.96. The van der Waals surface area contributed by atoms with Gasteiger partial charge in [0.1, 0.15) is 0 Å². The lowest BCUT2D eigenvalue weighted by Crippen LogP contribution is -2.44. The summed E-state index contributed by atoms with van der Waals surface area (Å²) in [6.45, 7) is 6.18. The van der Waals surface area contributed by atoms with E-state index >= 15 is 0 Å². The first kappa shape index (κ1) is 15.0. The summed E-state index contributed by atoms with van der Waals surface area (Å²) in [6, 6.07) is 8.17. The van der Waals surface area contributed by atoms with Crippen LogP contribution in [0, 0.1) is 5.41 Å². The lowest BCUT2D eigenvalue weighted by Gasteiger charge is -2.35. The number of rotatable bonds is 5. The smallest absolute Gasteiger partial charge is 0.230 e. The van der Waals surface area contributed by atoms with Gasteiger partial charge in [-0.1, -0.05) is 38.5 Å². The van der Waals surface area contributed by atoms with E-state index in [-0.39, 0.29) is 11.3 Å². The Morgan fingerprint density at radius 2 is 1.95 bits per heavy atom. The van der Waals surface area contributed by atoms with E-state index < -0.39 is 0 Å². The van der Waals surface area contributed by atoms with E-state index in [0.29, 0.717) is 0 Å². The van der Waals surface area contributed by atoms with Gasteiger partial charge in [0.2, 0.25) is 5.91 Å². The highest BCUT2D eigenvalue weighted by atomic mass is 16.2. The number of aryl methyl sites for hydroxylation is 1. The Kier molecular flexibility index (Phi) is 5.18. The van der Waals surface area contributed by atoms with Gasteiger partial charge in [0, 0.05) is 5.69 Å². The van der Waals surface area contributed by atoms with Crippen molar-refractivity contribution in [3.63, 3.8) is 0 Å². The van der Waals surface area contributed by atoms with Crippen LogP contribution in [0.5, 0.6) is 0 Å². The average Bonchev–Trinajstić information content (AvgIpc) is 2.50. The van der Waals surface area contributed by atoms with Crippen LogP contribution in [0.2, 0.25) is 0 Å². The van der Waals surface area contributed by atoms with Gasteiger partial charge in [0.25, 0.3) is 0 Å². The van der Waals surface area contributed by atoms with E-state index in [2.05, 4.69) is 30.5 Å². The van der Waals surface area contributed by atoms with Crippen molar-refractivity contribution in [1.82, 2.24) is 5.32 Å². The summed E-state index contributed by atoms with van der Waals surface area (Å²) in [5, 5.41) is 6.53. The largest absolute Gasteiger partial charge is 0.325 e. The van der Waals surface area contributed by atoms with Crippen LogP contribution in [0.4, 0.5) is 5.69 Å². The quantitative estimate of drug-likeness (QED) is 0.864. The zero-order chi connectivity index (χ0) is 14.4. The van der Waals surface area contributed by atoms with Gasteiger partial charge in [-0.15, -0.1) is 0 Å². The van der Waals surface area contributed by atoms with Gasteiger partial charge in [-0.2, -0.15) is 0 Å².